The SMILES string of the molecule is O=C(Nc1ccc(Cl)c(Cl)c1)N1CCN(c2ccc(-c3cccs3)nn2)CC1. The Balaban J connectivity index is 1.33. The summed E-state index contributed by atoms with van der Waals surface area (Å²) in [5.74, 6) is 0.824. The minimum absolute atomic E-state index is 0.155. The number of hydrogen-bond acceptors (Lipinski definition) is 5. The van der Waals surface area contributed by atoms with Gasteiger partial charge in [0, 0.05) is 31.9 Å². The van der Waals surface area contributed by atoms with Gasteiger partial charge in [0.05, 0.1) is 14.9 Å². The van der Waals surface area contributed by atoms with Crippen LogP contribution in [0.2, 0.25) is 10.0 Å². The first-order chi connectivity index (χ1) is 13.6. The summed E-state index contributed by atoms with van der Waals surface area (Å²) in [5.41, 5.74) is 1.50. The largest absolute Gasteiger partial charge is 0.352 e. The highest BCUT2D eigenvalue weighted by Crippen LogP contribution is 2.26. The molecule has 2 amide bonds. The van der Waals surface area contributed by atoms with E-state index in [4.69, 9.17) is 23.2 Å². The van der Waals surface area contributed by atoms with E-state index in [9.17, 15) is 4.79 Å². The summed E-state index contributed by atoms with van der Waals surface area (Å²) in [6.07, 6.45) is 0. The standard InChI is InChI=1S/C19H17Cl2N5OS/c20-14-4-3-13(12-15(14)21)22-19(27)26-9-7-25(8-10-26)18-6-5-16(23-24-18)17-2-1-11-28-17/h1-6,11-12H,7-10H2,(H,22,27). The lowest BCUT2D eigenvalue weighted by atomic mass is 10.3. The summed E-state index contributed by atoms with van der Waals surface area (Å²) in [7, 11) is 0. The van der Waals surface area contributed by atoms with Gasteiger partial charge in [0.1, 0.15) is 5.69 Å². The number of urea groups is 1. The number of halogens is 2. The zero-order valence-electron chi connectivity index (χ0n) is 14.8. The quantitative estimate of drug-likeness (QED) is 0.639. The Morgan fingerprint density at radius 3 is 2.46 bits per heavy atom. The van der Waals surface area contributed by atoms with Gasteiger partial charge in [-0.1, -0.05) is 29.3 Å². The van der Waals surface area contributed by atoms with Crippen molar-refractivity contribution in [2.24, 2.45) is 0 Å². The minimum Gasteiger partial charge on any atom is -0.352 e. The van der Waals surface area contributed by atoms with E-state index in [1.807, 2.05) is 29.6 Å². The first-order valence-corrected chi connectivity index (χ1v) is 10.4. The van der Waals surface area contributed by atoms with Gasteiger partial charge in [0.25, 0.3) is 0 Å². The lowest BCUT2D eigenvalue weighted by Crippen LogP contribution is -2.50. The molecule has 144 valence electrons. The Kier molecular flexibility index (Phi) is 5.66. The minimum atomic E-state index is -0.155. The summed E-state index contributed by atoms with van der Waals surface area (Å²) >= 11 is 13.5. The second-order valence-corrected chi connectivity index (χ2v) is 8.05. The predicted octanol–water partition coefficient (Wildman–Crippen LogP) is 4.87. The highest BCUT2D eigenvalue weighted by Gasteiger charge is 2.22. The van der Waals surface area contributed by atoms with E-state index in [2.05, 4.69) is 20.4 Å². The van der Waals surface area contributed by atoms with Gasteiger partial charge >= 0.3 is 6.03 Å². The van der Waals surface area contributed by atoms with Gasteiger partial charge in [-0.3, -0.25) is 0 Å². The number of nitrogens with zero attached hydrogens (tertiary/aromatic N) is 4. The molecule has 0 radical (unpaired) electrons. The zero-order valence-corrected chi connectivity index (χ0v) is 17.1. The number of rotatable bonds is 3. The van der Waals surface area contributed by atoms with Crippen molar-refractivity contribution in [3.8, 4) is 10.6 Å². The van der Waals surface area contributed by atoms with Crippen molar-refractivity contribution in [3.63, 3.8) is 0 Å². The number of nitrogens with one attached hydrogen (secondary N) is 1. The molecule has 0 bridgehead atoms. The molecule has 0 aliphatic carbocycles. The zero-order chi connectivity index (χ0) is 19.5. The molecule has 9 heteroatoms. The average molecular weight is 434 g/mol. The second-order valence-electron chi connectivity index (χ2n) is 6.29. The Labute approximate surface area is 176 Å². The summed E-state index contributed by atoms with van der Waals surface area (Å²) in [4.78, 5) is 17.5. The first-order valence-electron chi connectivity index (χ1n) is 8.74. The van der Waals surface area contributed by atoms with Crippen LogP contribution in [0.1, 0.15) is 0 Å². The molecule has 2 aromatic heterocycles. The summed E-state index contributed by atoms with van der Waals surface area (Å²) in [6, 6.07) is 12.9. The molecule has 1 saturated heterocycles. The van der Waals surface area contributed by atoms with E-state index in [0.29, 0.717) is 41.9 Å². The van der Waals surface area contributed by atoms with Gasteiger partial charge < -0.3 is 15.1 Å². The monoisotopic (exact) mass is 433 g/mol. The molecule has 0 atom stereocenters. The highest BCUT2D eigenvalue weighted by atomic mass is 35.5. The summed E-state index contributed by atoms with van der Waals surface area (Å²) in [6.45, 7) is 2.59. The van der Waals surface area contributed by atoms with Crippen LogP contribution >= 0.6 is 34.5 Å². The predicted molar refractivity (Wildman–Crippen MR) is 115 cm³/mol. The van der Waals surface area contributed by atoms with E-state index in [0.717, 1.165) is 16.4 Å². The van der Waals surface area contributed by atoms with E-state index in [-0.39, 0.29) is 6.03 Å². The fourth-order valence-electron chi connectivity index (χ4n) is 2.96. The molecular formula is C19H17Cl2N5OS. The second kappa shape index (κ2) is 8.34. The number of amides is 2. The van der Waals surface area contributed by atoms with Crippen molar-refractivity contribution in [2.45, 2.75) is 0 Å². The third-order valence-corrected chi connectivity index (χ3v) is 6.12. The smallest absolute Gasteiger partial charge is 0.321 e. The topological polar surface area (TPSA) is 61.4 Å². The maximum absolute atomic E-state index is 12.5. The number of thiophene rings is 1. The van der Waals surface area contributed by atoms with Crippen molar-refractivity contribution in [2.75, 3.05) is 36.4 Å². The number of piperazine rings is 1. The van der Waals surface area contributed by atoms with Gasteiger partial charge in [0.2, 0.25) is 0 Å². The van der Waals surface area contributed by atoms with Gasteiger partial charge in [-0.25, -0.2) is 4.79 Å². The molecule has 0 spiro atoms. The molecular weight excluding hydrogens is 417 g/mol. The Bertz CT molecular complexity index is 957. The van der Waals surface area contributed by atoms with E-state index >= 15 is 0 Å². The molecule has 1 aliphatic heterocycles. The van der Waals surface area contributed by atoms with Crippen molar-refractivity contribution in [3.05, 3.63) is 57.9 Å². The van der Waals surface area contributed by atoms with Gasteiger partial charge in [-0.2, -0.15) is 0 Å². The maximum atomic E-state index is 12.5. The molecule has 3 aromatic rings. The fraction of sp³-hybridized carbons (Fsp3) is 0.211. The average Bonchev–Trinajstić information content (AvgIpc) is 3.26. The van der Waals surface area contributed by atoms with Crippen LogP contribution in [0.25, 0.3) is 10.6 Å². The molecule has 1 aliphatic rings. The third kappa shape index (κ3) is 4.22. The molecule has 1 aromatic carbocycles. The number of aromatic nitrogens is 2. The van der Waals surface area contributed by atoms with Gasteiger partial charge in [-0.05, 0) is 41.8 Å². The van der Waals surface area contributed by atoms with E-state index < -0.39 is 0 Å². The lowest BCUT2D eigenvalue weighted by Gasteiger charge is -2.35. The molecule has 3 heterocycles. The Hall–Kier alpha value is -2.35. The van der Waals surface area contributed by atoms with E-state index in [1.165, 1.54) is 0 Å². The van der Waals surface area contributed by atoms with Crippen LogP contribution in [0.5, 0.6) is 0 Å². The molecule has 4 rings (SSSR count). The Morgan fingerprint density at radius 1 is 1.00 bits per heavy atom. The van der Waals surface area contributed by atoms with Crippen molar-refractivity contribution in [1.29, 1.82) is 0 Å². The molecule has 1 fully saturated rings. The van der Waals surface area contributed by atoms with Gasteiger partial charge in [0.15, 0.2) is 5.82 Å². The van der Waals surface area contributed by atoms with E-state index in [1.54, 1.807) is 34.4 Å². The van der Waals surface area contributed by atoms with Crippen molar-refractivity contribution in [1.82, 2.24) is 15.1 Å². The molecule has 0 saturated carbocycles. The van der Waals surface area contributed by atoms with Crippen LogP contribution in [0.15, 0.2) is 47.8 Å². The molecule has 1 N–H and O–H groups in total. The normalized spacial score (nSPS) is 14.2. The number of carbonyl (C=O) groups excluding carboxylic acids is 1. The number of hydrogen-bond donors (Lipinski definition) is 1. The third-order valence-electron chi connectivity index (χ3n) is 4.49. The number of benzene rings is 1. The van der Waals surface area contributed by atoms with Crippen LogP contribution in [0.3, 0.4) is 0 Å². The molecule has 0 unspecified atom stereocenters. The van der Waals surface area contributed by atoms with Crippen LogP contribution < -0.4 is 10.2 Å². The van der Waals surface area contributed by atoms with Crippen molar-refractivity contribution >= 4 is 52.1 Å². The number of carbonyl (C=O) groups is 1. The summed E-state index contributed by atoms with van der Waals surface area (Å²) < 4.78 is 0. The lowest BCUT2D eigenvalue weighted by molar-refractivity contribution is 0.208. The Morgan fingerprint density at radius 2 is 1.82 bits per heavy atom. The van der Waals surface area contributed by atoms with Crippen LogP contribution in [-0.2, 0) is 0 Å². The molecule has 28 heavy (non-hydrogen) atoms. The fourth-order valence-corrected chi connectivity index (χ4v) is 3.95. The van der Waals surface area contributed by atoms with Crippen LogP contribution in [0.4, 0.5) is 16.3 Å². The van der Waals surface area contributed by atoms with Crippen molar-refractivity contribution < 1.29 is 4.79 Å². The maximum Gasteiger partial charge on any atom is 0.321 e. The van der Waals surface area contributed by atoms with Crippen LogP contribution in [0, 0.1) is 0 Å². The van der Waals surface area contributed by atoms with Crippen LogP contribution in [-0.4, -0.2) is 47.3 Å². The highest BCUT2D eigenvalue weighted by molar-refractivity contribution is 7.13. The first kappa shape index (κ1) is 19.0. The van der Waals surface area contributed by atoms with Gasteiger partial charge in [-0.15, -0.1) is 21.5 Å². The number of anilines is 2. The summed E-state index contributed by atoms with van der Waals surface area (Å²) in [5, 5.41) is 14.4. The molecule has 6 nitrogen and oxygen atoms in total.